The second-order valence-electron chi connectivity index (χ2n) is 4.93. The molecule has 2 aromatic rings. The predicted molar refractivity (Wildman–Crippen MR) is 76.2 cm³/mol. The van der Waals surface area contributed by atoms with Crippen LogP contribution >= 0.6 is 0 Å². The highest BCUT2D eigenvalue weighted by Crippen LogP contribution is 2.24. The van der Waals surface area contributed by atoms with Gasteiger partial charge < -0.3 is 15.7 Å². The Balaban J connectivity index is 1.92. The van der Waals surface area contributed by atoms with Gasteiger partial charge in [0.15, 0.2) is 5.69 Å². The summed E-state index contributed by atoms with van der Waals surface area (Å²) in [7, 11) is 0. The monoisotopic (exact) mass is 286 g/mol. The summed E-state index contributed by atoms with van der Waals surface area (Å²) in [5.74, 6) is -1.11. The van der Waals surface area contributed by atoms with Gasteiger partial charge >= 0.3 is 5.97 Å². The summed E-state index contributed by atoms with van der Waals surface area (Å²) < 4.78 is 0. The molecule has 0 aliphatic carbocycles. The predicted octanol–water partition coefficient (Wildman–Crippen LogP) is 1.02. The van der Waals surface area contributed by atoms with Crippen molar-refractivity contribution in [1.29, 1.82) is 0 Å². The molecule has 7 heteroatoms. The maximum absolute atomic E-state index is 11.3. The second kappa shape index (κ2) is 5.35. The molecule has 21 heavy (non-hydrogen) atoms. The van der Waals surface area contributed by atoms with E-state index in [2.05, 4.69) is 20.8 Å². The summed E-state index contributed by atoms with van der Waals surface area (Å²) in [4.78, 5) is 22.5. The maximum Gasteiger partial charge on any atom is 0.358 e. The van der Waals surface area contributed by atoms with Crippen molar-refractivity contribution in [2.75, 3.05) is 11.9 Å². The number of carboxylic acids is 1. The van der Waals surface area contributed by atoms with Crippen LogP contribution in [0.2, 0.25) is 0 Å². The average Bonchev–Trinajstić information content (AvgIpc) is 2.90. The van der Waals surface area contributed by atoms with Gasteiger partial charge in [0.1, 0.15) is 0 Å². The molecule has 1 saturated heterocycles. The number of benzene rings is 1. The fourth-order valence-corrected chi connectivity index (χ4v) is 2.44. The third-order valence-electron chi connectivity index (χ3n) is 3.48. The van der Waals surface area contributed by atoms with Gasteiger partial charge in [-0.2, -0.15) is 0 Å². The molecule has 7 nitrogen and oxygen atoms in total. The first-order valence-electron chi connectivity index (χ1n) is 6.67. The molecule has 1 atom stereocenters. The Kier molecular flexibility index (Phi) is 3.39. The van der Waals surface area contributed by atoms with Crippen molar-refractivity contribution in [3.63, 3.8) is 0 Å². The Morgan fingerprint density at radius 3 is 2.90 bits per heavy atom. The summed E-state index contributed by atoms with van der Waals surface area (Å²) in [5, 5.41) is 23.6. The van der Waals surface area contributed by atoms with E-state index in [1.807, 2.05) is 12.1 Å². The van der Waals surface area contributed by atoms with E-state index in [0.717, 1.165) is 6.42 Å². The molecule has 1 aliphatic heterocycles. The van der Waals surface area contributed by atoms with E-state index >= 15 is 0 Å². The van der Waals surface area contributed by atoms with Gasteiger partial charge in [-0.3, -0.25) is 4.79 Å². The SMILES string of the molecule is O=C1CCC(CNc2c(C(=O)O)nnc3ccccc23)N1. The van der Waals surface area contributed by atoms with Gasteiger partial charge in [0, 0.05) is 24.4 Å². The van der Waals surface area contributed by atoms with Gasteiger partial charge in [-0.1, -0.05) is 18.2 Å². The normalized spacial score (nSPS) is 17.7. The molecule has 1 aromatic heterocycles. The lowest BCUT2D eigenvalue weighted by molar-refractivity contribution is -0.119. The Morgan fingerprint density at radius 1 is 1.38 bits per heavy atom. The number of carbonyl (C=O) groups is 2. The molecule has 1 amide bonds. The largest absolute Gasteiger partial charge is 0.476 e. The molecule has 3 rings (SSSR count). The van der Waals surface area contributed by atoms with Crippen molar-refractivity contribution in [3.8, 4) is 0 Å². The first-order valence-corrected chi connectivity index (χ1v) is 6.67. The molecule has 3 N–H and O–H groups in total. The van der Waals surface area contributed by atoms with E-state index < -0.39 is 5.97 Å². The van der Waals surface area contributed by atoms with Gasteiger partial charge in [0.05, 0.1) is 11.2 Å². The number of fused-ring (bicyclic) bond motifs is 1. The summed E-state index contributed by atoms with van der Waals surface area (Å²) in [6.45, 7) is 0.460. The minimum absolute atomic E-state index is 0.00562. The lowest BCUT2D eigenvalue weighted by Gasteiger charge is -2.15. The molecule has 0 spiro atoms. The maximum atomic E-state index is 11.3. The molecule has 0 radical (unpaired) electrons. The number of aromatic carboxylic acids is 1. The molecule has 108 valence electrons. The first-order chi connectivity index (χ1) is 10.1. The van der Waals surface area contributed by atoms with Crippen LogP contribution < -0.4 is 10.6 Å². The van der Waals surface area contributed by atoms with E-state index in [4.69, 9.17) is 0 Å². The summed E-state index contributed by atoms with van der Waals surface area (Å²) in [6.07, 6.45) is 1.25. The Labute approximate surface area is 120 Å². The molecule has 1 aromatic carbocycles. The number of aromatic nitrogens is 2. The van der Waals surface area contributed by atoms with Crippen molar-refractivity contribution in [2.24, 2.45) is 0 Å². The highest BCUT2D eigenvalue weighted by atomic mass is 16.4. The number of hydrogen-bond donors (Lipinski definition) is 3. The van der Waals surface area contributed by atoms with Crippen LogP contribution in [0.15, 0.2) is 24.3 Å². The molecular weight excluding hydrogens is 272 g/mol. The number of nitrogens with zero attached hydrogens (tertiary/aromatic N) is 2. The quantitative estimate of drug-likeness (QED) is 0.775. The Hall–Kier alpha value is -2.70. The Bertz CT molecular complexity index is 716. The molecule has 1 fully saturated rings. The van der Waals surface area contributed by atoms with Gasteiger partial charge in [-0.25, -0.2) is 4.79 Å². The molecule has 0 saturated carbocycles. The zero-order valence-corrected chi connectivity index (χ0v) is 11.2. The third kappa shape index (κ3) is 2.62. The fraction of sp³-hybridized carbons (Fsp3) is 0.286. The third-order valence-corrected chi connectivity index (χ3v) is 3.48. The summed E-state index contributed by atoms with van der Waals surface area (Å²) in [5.41, 5.74) is 0.952. The minimum Gasteiger partial charge on any atom is -0.476 e. The van der Waals surface area contributed by atoms with E-state index in [9.17, 15) is 14.7 Å². The van der Waals surface area contributed by atoms with Crippen LogP contribution in [0.3, 0.4) is 0 Å². The smallest absolute Gasteiger partial charge is 0.358 e. The number of hydrogen-bond acceptors (Lipinski definition) is 5. The van der Waals surface area contributed by atoms with Gasteiger partial charge in [0.25, 0.3) is 0 Å². The highest BCUT2D eigenvalue weighted by molar-refractivity contribution is 6.02. The van der Waals surface area contributed by atoms with E-state index in [0.29, 0.717) is 29.6 Å². The standard InChI is InChI=1S/C14H14N4O3/c19-11-6-5-8(16-11)7-15-12-9-3-1-2-4-10(9)17-18-13(12)14(20)21/h1-4,8H,5-7H2,(H,15,17)(H,16,19)(H,20,21). The summed E-state index contributed by atoms with van der Waals surface area (Å²) in [6, 6.07) is 7.21. The van der Waals surface area contributed by atoms with Crippen LogP contribution in [0.25, 0.3) is 10.9 Å². The lowest BCUT2D eigenvalue weighted by atomic mass is 10.1. The fourth-order valence-electron chi connectivity index (χ4n) is 2.44. The number of carbonyl (C=O) groups excluding carboxylic acids is 1. The Morgan fingerprint density at radius 2 is 2.19 bits per heavy atom. The molecule has 1 unspecified atom stereocenters. The number of amides is 1. The van der Waals surface area contributed by atoms with Crippen LogP contribution in [0.1, 0.15) is 23.3 Å². The number of rotatable bonds is 4. The van der Waals surface area contributed by atoms with Gasteiger partial charge in [-0.15, -0.1) is 10.2 Å². The molecule has 0 bridgehead atoms. The topological polar surface area (TPSA) is 104 Å². The van der Waals surface area contributed by atoms with Crippen LogP contribution in [-0.2, 0) is 4.79 Å². The molecular formula is C14H14N4O3. The lowest BCUT2D eigenvalue weighted by Crippen LogP contribution is -2.32. The molecule has 2 heterocycles. The molecule has 1 aliphatic rings. The van der Waals surface area contributed by atoms with E-state index in [1.165, 1.54) is 0 Å². The highest BCUT2D eigenvalue weighted by Gasteiger charge is 2.22. The van der Waals surface area contributed by atoms with Crippen molar-refractivity contribution >= 4 is 28.5 Å². The second-order valence-corrected chi connectivity index (χ2v) is 4.93. The van der Waals surface area contributed by atoms with E-state index in [1.54, 1.807) is 12.1 Å². The van der Waals surface area contributed by atoms with Crippen LogP contribution in [0, 0.1) is 0 Å². The van der Waals surface area contributed by atoms with Gasteiger partial charge in [0.2, 0.25) is 5.91 Å². The van der Waals surface area contributed by atoms with Gasteiger partial charge in [-0.05, 0) is 12.5 Å². The number of nitrogens with one attached hydrogen (secondary N) is 2. The zero-order valence-electron chi connectivity index (χ0n) is 11.2. The minimum atomic E-state index is -1.13. The van der Waals surface area contributed by atoms with Crippen molar-refractivity contribution in [1.82, 2.24) is 15.5 Å². The van der Waals surface area contributed by atoms with Crippen molar-refractivity contribution in [3.05, 3.63) is 30.0 Å². The van der Waals surface area contributed by atoms with Crippen LogP contribution in [-0.4, -0.2) is 39.8 Å². The van der Waals surface area contributed by atoms with Crippen LogP contribution in [0.5, 0.6) is 0 Å². The van der Waals surface area contributed by atoms with Crippen molar-refractivity contribution in [2.45, 2.75) is 18.9 Å². The number of anilines is 1. The first kappa shape index (κ1) is 13.3. The van der Waals surface area contributed by atoms with Crippen molar-refractivity contribution < 1.29 is 14.7 Å². The van der Waals surface area contributed by atoms with Crippen LogP contribution in [0.4, 0.5) is 5.69 Å². The zero-order chi connectivity index (χ0) is 14.8. The van der Waals surface area contributed by atoms with E-state index in [-0.39, 0.29) is 17.6 Å². The summed E-state index contributed by atoms with van der Waals surface area (Å²) >= 11 is 0. The average molecular weight is 286 g/mol. The number of carboxylic acid groups (broad SMARTS) is 1.